The van der Waals surface area contributed by atoms with Gasteiger partial charge in [-0.3, -0.25) is 4.68 Å². The van der Waals surface area contributed by atoms with E-state index in [2.05, 4.69) is 18.2 Å². The van der Waals surface area contributed by atoms with Crippen LogP contribution in [0.25, 0.3) is 0 Å². The fourth-order valence-corrected chi connectivity index (χ4v) is 1.26. The number of aliphatic hydroxyl groups excluding tert-OH is 1. The number of rotatable bonds is 5. The van der Waals surface area contributed by atoms with E-state index < -0.39 is 0 Å². The van der Waals surface area contributed by atoms with Crippen LogP contribution in [0.1, 0.15) is 32.3 Å². The fraction of sp³-hybridized carbons (Fsp3) is 0.700. The van der Waals surface area contributed by atoms with Crippen LogP contribution in [0.2, 0.25) is 0 Å². The SMILES string of the molecule is CCCn1cc(CCC(C)O)cn1. The second-order valence-corrected chi connectivity index (χ2v) is 3.50. The zero-order valence-electron chi connectivity index (χ0n) is 8.40. The first-order valence-corrected chi connectivity index (χ1v) is 4.91. The highest BCUT2D eigenvalue weighted by Crippen LogP contribution is 2.04. The molecule has 0 amide bonds. The summed E-state index contributed by atoms with van der Waals surface area (Å²) in [5.74, 6) is 0. The predicted molar refractivity (Wildman–Crippen MR) is 52.5 cm³/mol. The van der Waals surface area contributed by atoms with Crippen molar-refractivity contribution >= 4 is 0 Å². The van der Waals surface area contributed by atoms with Crippen molar-refractivity contribution in [1.29, 1.82) is 0 Å². The summed E-state index contributed by atoms with van der Waals surface area (Å²) in [4.78, 5) is 0. The van der Waals surface area contributed by atoms with Crippen molar-refractivity contribution in [2.24, 2.45) is 0 Å². The lowest BCUT2D eigenvalue weighted by molar-refractivity contribution is 0.185. The normalized spacial score (nSPS) is 13.2. The first-order chi connectivity index (χ1) is 6.22. The minimum Gasteiger partial charge on any atom is -0.393 e. The number of aromatic nitrogens is 2. The van der Waals surface area contributed by atoms with E-state index in [1.807, 2.05) is 17.8 Å². The van der Waals surface area contributed by atoms with Crippen LogP contribution < -0.4 is 0 Å². The molecule has 3 heteroatoms. The van der Waals surface area contributed by atoms with Crippen LogP contribution in [-0.2, 0) is 13.0 Å². The van der Waals surface area contributed by atoms with E-state index in [9.17, 15) is 0 Å². The van der Waals surface area contributed by atoms with Gasteiger partial charge in [0.05, 0.1) is 12.3 Å². The Morgan fingerprint density at radius 1 is 1.62 bits per heavy atom. The Hall–Kier alpha value is -0.830. The third kappa shape index (κ3) is 3.59. The first kappa shape index (κ1) is 10.3. The quantitative estimate of drug-likeness (QED) is 0.751. The molecule has 0 aromatic carbocycles. The van der Waals surface area contributed by atoms with Gasteiger partial charge in [-0.1, -0.05) is 6.92 Å². The second-order valence-electron chi connectivity index (χ2n) is 3.50. The number of aliphatic hydroxyl groups is 1. The Morgan fingerprint density at radius 3 is 3.00 bits per heavy atom. The van der Waals surface area contributed by atoms with Crippen LogP contribution in [0, 0.1) is 0 Å². The highest BCUT2D eigenvalue weighted by atomic mass is 16.3. The molecule has 1 atom stereocenters. The molecule has 3 nitrogen and oxygen atoms in total. The molecular formula is C10H18N2O. The molecular weight excluding hydrogens is 164 g/mol. The van der Waals surface area contributed by atoms with Crippen LogP contribution >= 0.6 is 0 Å². The van der Waals surface area contributed by atoms with Crippen molar-refractivity contribution < 1.29 is 5.11 Å². The van der Waals surface area contributed by atoms with E-state index in [4.69, 9.17) is 5.11 Å². The molecule has 0 saturated carbocycles. The third-order valence-corrected chi connectivity index (χ3v) is 1.99. The molecule has 0 saturated heterocycles. The molecule has 0 aliphatic heterocycles. The zero-order valence-corrected chi connectivity index (χ0v) is 8.40. The van der Waals surface area contributed by atoms with Crippen molar-refractivity contribution in [2.45, 2.75) is 45.8 Å². The summed E-state index contributed by atoms with van der Waals surface area (Å²) >= 11 is 0. The van der Waals surface area contributed by atoms with Gasteiger partial charge in [0, 0.05) is 12.7 Å². The van der Waals surface area contributed by atoms with E-state index in [0.717, 1.165) is 25.8 Å². The highest BCUT2D eigenvalue weighted by Gasteiger charge is 2.00. The number of hydrogen-bond acceptors (Lipinski definition) is 2. The number of nitrogens with zero attached hydrogens (tertiary/aromatic N) is 2. The van der Waals surface area contributed by atoms with Crippen molar-refractivity contribution in [2.75, 3.05) is 0 Å². The first-order valence-electron chi connectivity index (χ1n) is 4.91. The largest absolute Gasteiger partial charge is 0.393 e. The van der Waals surface area contributed by atoms with Crippen molar-refractivity contribution in [3.63, 3.8) is 0 Å². The number of hydrogen-bond donors (Lipinski definition) is 1. The van der Waals surface area contributed by atoms with E-state index >= 15 is 0 Å². The molecule has 0 aliphatic rings. The van der Waals surface area contributed by atoms with Crippen LogP contribution in [0.5, 0.6) is 0 Å². The lowest BCUT2D eigenvalue weighted by Gasteiger charge is -2.00. The summed E-state index contributed by atoms with van der Waals surface area (Å²) in [6.07, 6.45) is 6.58. The van der Waals surface area contributed by atoms with Gasteiger partial charge in [-0.05, 0) is 31.7 Å². The van der Waals surface area contributed by atoms with Crippen LogP contribution in [-0.4, -0.2) is 21.0 Å². The van der Waals surface area contributed by atoms with Gasteiger partial charge >= 0.3 is 0 Å². The fourth-order valence-electron chi connectivity index (χ4n) is 1.26. The molecule has 1 aromatic rings. The topological polar surface area (TPSA) is 38.0 Å². The Morgan fingerprint density at radius 2 is 2.38 bits per heavy atom. The van der Waals surface area contributed by atoms with Gasteiger partial charge in [-0.25, -0.2) is 0 Å². The summed E-state index contributed by atoms with van der Waals surface area (Å²) in [5.41, 5.74) is 1.22. The van der Waals surface area contributed by atoms with Crippen molar-refractivity contribution in [1.82, 2.24) is 9.78 Å². The predicted octanol–water partition coefficient (Wildman–Crippen LogP) is 1.61. The van der Waals surface area contributed by atoms with Gasteiger partial charge in [0.2, 0.25) is 0 Å². The van der Waals surface area contributed by atoms with Gasteiger partial charge in [0.25, 0.3) is 0 Å². The summed E-state index contributed by atoms with van der Waals surface area (Å²) in [6, 6.07) is 0. The summed E-state index contributed by atoms with van der Waals surface area (Å²) in [6.45, 7) is 4.93. The third-order valence-electron chi connectivity index (χ3n) is 1.99. The molecule has 0 aliphatic carbocycles. The summed E-state index contributed by atoms with van der Waals surface area (Å²) in [5, 5.41) is 13.3. The molecule has 74 valence electrons. The average molecular weight is 182 g/mol. The molecule has 1 heterocycles. The van der Waals surface area contributed by atoms with E-state index in [0.29, 0.717) is 0 Å². The minimum absolute atomic E-state index is 0.213. The van der Waals surface area contributed by atoms with Gasteiger partial charge in [0.1, 0.15) is 0 Å². The van der Waals surface area contributed by atoms with Gasteiger partial charge in [-0.2, -0.15) is 5.10 Å². The Bertz CT molecular complexity index is 243. The van der Waals surface area contributed by atoms with E-state index in [1.54, 1.807) is 0 Å². The number of aryl methyl sites for hydroxylation is 2. The van der Waals surface area contributed by atoms with Gasteiger partial charge < -0.3 is 5.11 Å². The Balaban J connectivity index is 2.39. The maximum Gasteiger partial charge on any atom is 0.0521 e. The molecule has 0 spiro atoms. The molecule has 1 aromatic heterocycles. The Kier molecular flexibility index (Phi) is 3.96. The second kappa shape index (κ2) is 5.02. The average Bonchev–Trinajstić information content (AvgIpc) is 2.50. The van der Waals surface area contributed by atoms with E-state index in [-0.39, 0.29) is 6.10 Å². The van der Waals surface area contributed by atoms with Crippen LogP contribution in [0.4, 0.5) is 0 Å². The molecule has 1 unspecified atom stereocenters. The zero-order chi connectivity index (χ0) is 9.68. The van der Waals surface area contributed by atoms with Crippen molar-refractivity contribution in [3.8, 4) is 0 Å². The molecule has 1 rings (SSSR count). The molecule has 0 bridgehead atoms. The van der Waals surface area contributed by atoms with Gasteiger partial charge in [-0.15, -0.1) is 0 Å². The summed E-state index contributed by atoms with van der Waals surface area (Å²) in [7, 11) is 0. The van der Waals surface area contributed by atoms with E-state index in [1.165, 1.54) is 5.56 Å². The smallest absolute Gasteiger partial charge is 0.0521 e. The maximum atomic E-state index is 9.10. The van der Waals surface area contributed by atoms with Gasteiger partial charge in [0.15, 0.2) is 0 Å². The van der Waals surface area contributed by atoms with Crippen LogP contribution in [0.3, 0.4) is 0 Å². The Labute approximate surface area is 79.4 Å². The standard InChI is InChI=1S/C10H18N2O/c1-3-6-12-8-10(7-11-12)5-4-9(2)13/h7-9,13H,3-6H2,1-2H3. The lowest BCUT2D eigenvalue weighted by atomic mass is 10.1. The lowest BCUT2D eigenvalue weighted by Crippen LogP contribution is -2.00. The molecule has 13 heavy (non-hydrogen) atoms. The van der Waals surface area contributed by atoms with Crippen molar-refractivity contribution in [3.05, 3.63) is 18.0 Å². The highest BCUT2D eigenvalue weighted by molar-refractivity contribution is 5.03. The molecule has 1 N–H and O–H groups in total. The molecule has 0 fully saturated rings. The minimum atomic E-state index is -0.213. The summed E-state index contributed by atoms with van der Waals surface area (Å²) < 4.78 is 1.96. The van der Waals surface area contributed by atoms with Crippen LogP contribution in [0.15, 0.2) is 12.4 Å². The monoisotopic (exact) mass is 182 g/mol. The maximum absolute atomic E-state index is 9.10. The molecule has 0 radical (unpaired) electrons.